The number of nitrogens with one attached hydrogen (secondary N) is 1. The summed E-state index contributed by atoms with van der Waals surface area (Å²) in [6.07, 6.45) is 4.98. The number of imidazole rings is 1. The molecule has 38 heavy (non-hydrogen) atoms. The summed E-state index contributed by atoms with van der Waals surface area (Å²) in [5.74, 6) is 1.77. The van der Waals surface area contributed by atoms with Crippen LogP contribution in [0.5, 0.6) is 0 Å². The summed E-state index contributed by atoms with van der Waals surface area (Å²) in [6.45, 7) is 6.44. The molecule has 8 heteroatoms. The number of pyridine rings is 1. The molecule has 0 radical (unpaired) electrons. The zero-order chi connectivity index (χ0) is 26.2. The smallest absolute Gasteiger partial charge is 0.180 e. The molecule has 0 amide bonds. The number of hydrogen-bond donors (Lipinski definition) is 1. The van der Waals surface area contributed by atoms with E-state index in [1.165, 1.54) is 22.3 Å². The number of rotatable bonds is 8. The third-order valence-electron chi connectivity index (χ3n) is 7.83. The van der Waals surface area contributed by atoms with Crippen molar-refractivity contribution in [3.05, 3.63) is 76.7 Å². The summed E-state index contributed by atoms with van der Waals surface area (Å²) in [7, 11) is 1.77. The Kier molecular flexibility index (Phi) is 6.49. The maximum absolute atomic E-state index is 5.47. The van der Waals surface area contributed by atoms with E-state index in [9.17, 15) is 0 Å². The second-order valence-corrected chi connectivity index (χ2v) is 10.2. The van der Waals surface area contributed by atoms with Crippen molar-refractivity contribution in [3.8, 4) is 22.5 Å². The molecular formula is C30H33N7O. The topological polar surface area (TPSA) is 94.4 Å². The van der Waals surface area contributed by atoms with Crippen molar-refractivity contribution in [1.82, 2.24) is 35.2 Å². The molecule has 2 aromatic carbocycles. The van der Waals surface area contributed by atoms with Crippen molar-refractivity contribution in [2.24, 2.45) is 0 Å². The van der Waals surface area contributed by atoms with Gasteiger partial charge in [-0.05, 0) is 83.8 Å². The largest absolute Gasteiger partial charge is 0.382 e. The van der Waals surface area contributed by atoms with E-state index in [0.717, 1.165) is 65.9 Å². The van der Waals surface area contributed by atoms with E-state index < -0.39 is 0 Å². The molecule has 194 valence electrons. The minimum absolute atomic E-state index is 0.213. The van der Waals surface area contributed by atoms with Crippen LogP contribution in [0.15, 0.2) is 48.5 Å². The SMILES string of the molecule is CCc1nc2c(C)cc(CC[C@@H](C)OC)nc2n1[C@H]1CCc2cc(-c3ccccc3-c3nnn[nH]3)ccc21. The Hall–Kier alpha value is -3.91. The molecule has 3 heterocycles. The number of ether oxygens (including phenoxy) is 1. The molecule has 0 aliphatic heterocycles. The number of aromatic amines is 1. The molecule has 2 atom stereocenters. The Morgan fingerprint density at radius 1 is 1.11 bits per heavy atom. The molecule has 0 bridgehead atoms. The highest BCUT2D eigenvalue weighted by Crippen LogP contribution is 2.40. The lowest BCUT2D eigenvalue weighted by molar-refractivity contribution is 0.111. The summed E-state index contributed by atoms with van der Waals surface area (Å²) in [5.41, 5.74) is 10.3. The van der Waals surface area contributed by atoms with Gasteiger partial charge in [0.05, 0.1) is 12.1 Å². The van der Waals surface area contributed by atoms with Gasteiger partial charge in [-0.3, -0.25) is 0 Å². The lowest BCUT2D eigenvalue weighted by atomic mass is 9.96. The predicted octanol–water partition coefficient (Wildman–Crippen LogP) is 5.65. The predicted molar refractivity (Wildman–Crippen MR) is 148 cm³/mol. The first-order valence-corrected chi connectivity index (χ1v) is 13.4. The minimum atomic E-state index is 0.213. The minimum Gasteiger partial charge on any atom is -0.382 e. The quantitative estimate of drug-likeness (QED) is 0.292. The van der Waals surface area contributed by atoms with Gasteiger partial charge in [0.1, 0.15) is 11.3 Å². The van der Waals surface area contributed by atoms with Gasteiger partial charge in [-0.15, -0.1) is 5.10 Å². The third-order valence-corrected chi connectivity index (χ3v) is 7.83. The molecule has 0 fully saturated rings. The van der Waals surface area contributed by atoms with Gasteiger partial charge in [-0.2, -0.15) is 0 Å². The fourth-order valence-corrected chi connectivity index (χ4v) is 5.75. The van der Waals surface area contributed by atoms with Crippen molar-refractivity contribution in [3.63, 3.8) is 0 Å². The summed E-state index contributed by atoms with van der Waals surface area (Å²) >= 11 is 0. The highest BCUT2D eigenvalue weighted by molar-refractivity contribution is 5.81. The average molecular weight is 508 g/mol. The van der Waals surface area contributed by atoms with Crippen molar-refractivity contribution in [1.29, 1.82) is 0 Å². The molecule has 0 saturated heterocycles. The summed E-state index contributed by atoms with van der Waals surface area (Å²) in [4.78, 5) is 10.2. The number of H-pyrrole nitrogens is 1. The van der Waals surface area contributed by atoms with E-state index in [1.807, 2.05) is 6.07 Å². The van der Waals surface area contributed by atoms with Gasteiger partial charge < -0.3 is 9.30 Å². The molecule has 3 aromatic heterocycles. The van der Waals surface area contributed by atoms with Gasteiger partial charge in [0.25, 0.3) is 0 Å². The first kappa shape index (κ1) is 24.4. The van der Waals surface area contributed by atoms with E-state index in [-0.39, 0.29) is 12.1 Å². The van der Waals surface area contributed by atoms with Gasteiger partial charge in [0.2, 0.25) is 0 Å². The fraction of sp³-hybridized carbons (Fsp3) is 0.367. The van der Waals surface area contributed by atoms with E-state index in [0.29, 0.717) is 5.82 Å². The Bertz CT molecular complexity index is 1590. The molecule has 1 aliphatic rings. The van der Waals surface area contributed by atoms with E-state index in [4.69, 9.17) is 14.7 Å². The molecule has 5 aromatic rings. The number of hydrogen-bond acceptors (Lipinski definition) is 6. The Labute approximate surface area is 222 Å². The number of aryl methyl sites for hydroxylation is 4. The molecule has 1 aliphatic carbocycles. The van der Waals surface area contributed by atoms with Crippen LogP contribution in [0.3, 0.4) is 0 Å². The molecule has 0 spiro atoms. The monoisotopic (exact) mass is 507 g/mol. The van der Waals surface area contributed by atoms with E-state index in [2.05, 4.69) is 88.4 Å². The van der Waals surface area contributed by atoms with Crippen molar-refractivity contribution >= 4 is 11.2 Å². The zero-order valence-electron chi connectivity index (χ0n) is 22.4. The number of fused-ring (bicyclic) bond motifs is 2. The van der Waals surface area contributed by atoms with Gasteiger partial charge in [0.15, 0.2) is 11.5 Å². The number of benzene rings is 2. The number of nitrogens with zero attached hydrogens (tertiary/aromatic N) is 6. The molecule has 1 N–H and O–H groups in total. The summed E-state index contributed by atoms with van der Waals surface area (Å²) in [6, 6.07) is 17.5. The van der Waals surface area contributed by atoms with E-state index >= 15 is 0 Å². The molecule has 0 saturated carbocycles. The van der Waals surface area contributed by atoms with Gasteiger partial charge in [-0.25, -0.2) is 15.1 Å². The number of tetrazole rings is 1. The van der Waals surface area contributed by atoms with Crippen LogP contribution in [0, 0.1) is 6.92 Å². The molecule has 0 unspecified atom stereocenters. The van der Waals surface area contributed by atoms with Crippen LogP contribution < -0.4 is 0 Å². The lowest BCUT2D eigenvalue weighted by Gasteiger charge is -2.18. The Morgan fingerprint density at radius 2 is 1.95 bits per heavy atom. The maximum atomic E-state index is 5.47. The highest BCUT2D eigenvalue weighted by atomic mass is 16.5. The van der Waals surface area contributed by atoms with Crippen molar-refractivity contribution in [2.45, 2.75) is 65.0 Å². The van der Waals surface area contributed by atoms with Crippen LogP contribution in [-0.4, -0.2) is 48.4 Å². The normalized spacial score (nSPS) is 15.7. The first-order chi connectivity index (χ1) is 18.6. The van der Waals surface area contributed by atoms with Crippen LogP contribution >= 0.6 is 0 Å². The van der Waals surface area contributed by atoms with Crippen LogP contribution in [0.4, 0.5) is 0 Å². The summed E-state index contributed by atoms with van der Waals surface area (Å²) < 4.78 is 7.88. The first-order valence-electron chi connectivity index (χ1n) is 13.4. The fourth-order valence-electron chi connectivity index (χ4n) is 5.75. The molecule has 6 rings (SSSR count). The third kappa shape index (κ3) is 4.28. The second kappa shape index (κ2) is 10.1. The second-order valence-electron chi connectivity index (χ2n) is 10.2. The number of aromatic nitrogens is 7. The molecular weight excluding hydrogens is 474 g/mol. The van der Waals surface area contributed by atoms with Gasteiger partial charge in [-0.1, -0.05) is 49.4 Å². The van der Waals surface area contributed by atoms with Crippen LogP contribution in [0.1, 0.15) is 60.9 Å². The Balaban J connectivity index is 1.40. The van der Waals surface area contributed by atoms with Crippen LogP contribution in [-0.2, 0) is 24.0 Å². The maximum Gasteiger partial charge on any atom is 0.180 e. The molecule has 8 nitrogen and oxygen atoms in total. The van der Waals surface area contributed by atoms with Gasteiger partial charge >= 0.3 is 0 Å². The number of methoxy groups -OCH3 is 1. The van der Waals surface area contributed by atoms with Crippen molar-refractivity contribution < 1.29 is 4.74 Å². The zero-order valence-corrected chi connectivity index (χ0v) is 22.4. The van der Waals surface area contributed by atoms with Crippen LogP contribution in [0.25, 0.3) is 33.7 Å². The standard InChI is InChI=1S/C30H33N7O/c1-5-27-32-28-18(2)16-22(13-10-19(3)38-4)31-30(28)37(27)26-15-12-21-17-20(11-14-24(21)26)23-8-6-7-9-25(23)29-33-35-36-34-29/h6-9,11,14,16-17,19,26H,5,10,12-13,15H2,1-4H3,(H,33,34,35,36)/t19-,26+/m1/s1. The van der Waals surface area contributed by atoms with Crippen molar-refractivity contribution in [2.75, 3.05) is 7.11 Å². The van der Waals surface area contributed by atoms with Crippen LogP contribution in [0.2, 0.25) is 0 Å². The summed E-state index contributed by atoms with van der Waals surface area (Å²) in [5, 5.41) is 14.6. The van der Waals surface area contributed by atoms with Gasteiger partial charge in [0, 0.05) is 24.8 Å². The Morgan fingerprint density at radius 3 is 2.71 bits per heavy atom. The van der Waals surface area contributed by atoms with E-state index in [1.54, 1.807) is 7.11 Å². The lowest BCUT2D eigenvalue weighted by Crippen LogP contribution is -2.12. The highest BCUT2D eigenvalue weighted by Gasteiger charge is 2.29. The average Bonchev–Trinajstić information content (AvgIpc) is 3.70.